The van der Waals surface area contributed by atoms with Gasteiger partial charge in [-0.05, 0) is 73.2 Å². The fourth-order valence-electron chi connectivity index (χ4n) is 4.97. The molecule has 2 atom stereocenters. The second kappa shape index (κ2) is 14.5. The predicted molar refractivity (Wildman–Crippen MR) is 178 cm³/mol. The van der Waals surface area contributed by atoms with Crippen LogP contribution in [-0.4, -0.2) is 55.5 Å². The maximum atomic E-state index is 12.8. The number of thioether (sulfide) groups is 1. The van der Waals surface area contributed by atoms with Crippen molar-refractivity contribution in [2.75, 3.05) is 10.7 Å². The van der Waals surface area contributed by atoms with Crippen LogP contribution in [0.15, 0.2) is 84.1 Å². The number of anilines is 1. The molecule has 4 aromatic rings. The van der Waals surface area contributed by atoms with Crippen molar-refractivity contribution in [3.63, 3.8) is 0 Å². The van der Waals surface area contributed by atoms with Gasteiger partial charge < -0.3 is 9.84 Å². The maximum Gasteiger partial charge on any atom is 0.573 e. The topological polar surface area (TPSA) is 105 Å². The zero-order valence-corrected chi connectivity index (χ0v) is 27.1. The van der Waals surface area contributed by atoms with Gasteiger partial charge in [0.15, 0.2) is 11.0 Å². The summed E-state index contributed by atoms with van der Waals surface area (Å²) >= 11 is 1.32. The Morgan fingerprint density at radius 3 is 2.49 bits per heavy atom. The Morgan fingerprint density at radius 1 is 1.09 bits per heavy atom. The number of alkyl halides is 3. The highest BCUT2D eigenvalue weighted by atomic mass is 32.2. The number of carbonyl (C=O) groups excluding carboxylic acids is 1. The summed E-state index contributed by atoms with van der Waals surface area (Å²) in [6.07, 6.45) is 0.135. The number of ether oxygens (including phenoxy) is 1. The summed E-state index contributed by atoms with van der Waals surface area (Å²) in [5, 5.41) is 18.7. The molecule has 0 bridgehead atoms. The highest BCUT2D eigenvalue weighted by Gasteiger charge is 2.33. The molecular formula is C34H35F3N6O3S. The second-order valence-corrected chi connectivity index (χ2v) is 12.3. The van der Waals surface area contributed by atoms with Gasteiger partial charge in [0.2, 0.25) is 12.3 Å². The van der Waals surface area contributed by atoms with E-state index >= 15 is 0 Å². The Kier molecular flexibility index (Phi) is 10.5. The number of aromatic nitrogens is 3. The molecule has 47 heavy (non-hydrogen) atoms. The van der Waals surface area contributed by atoms with Gasteiger partial charge >= 0.3 is 6.36 Å². The average molecular weight is 665 g/mol. The first kappa shape index (κ1) is 33.9. The predicted octanol–water partition coefficient (Wildman–Crippen LogP) is 7.06. The maximum absolute atomic E-state index is 12.8. The second-order valence-electron chi connectivity index (χ2n) is 11.4. The third-order valence-corrected chi connectivity index (χ3v) is 8.21. The van der Waals surface area contributed by atoms with E-state index in [4.69, 9.17) is 0 Å². The van der Waals surface area contributed by atoms with Gasteiger partial charge in [-0.1, -0.05) is 74.2 Å². The van der Waals surface area contributed by atoms with Crippen molar-refractivity contribution in [2.24, 2.45) is 4.99 Å². The summed E-state index contributed by atoms with van der Waals surface area (Å²) in [4.78, 5) is 23.2. The van der Waals surface area contributed by atoms with E-state index in [1.807, 2.05) is 68.5 Å². The first-order valence-electron chi connectivity index (χ1n) is 15.0. The van der Waals surface area contributed by atoms with E-state index in [0.29, 0.717) is 23.1 Å². The fourth-order valence-corrected chi connectivity index (χ4v) is 5.85. The van der Waals surface area contributed by atoms with E-state index in [0.717, 1.165) is 27.9 Å². The van der Waals surface area contributed by atoms with Gasteiger partial charge in [0.25, 0.3) is 0 Å². The fraction of sp³-hybridized carbons (Fsp3) is 0.294. The van der Waals surface area contributed by atoms with Crippen molar-refractivity contribution >= 4 is 34.6 Å². The van der Waals surface area contributed by atoms with Gasteiger partial charge in [-0.3, -0.25) is 15.0 Å². The van der Waals surface area contributed by atoms with Gasteiger partial charge in [0.05, 0.1) is 17.1 Å². The van der Waals surface area contributed by atoms with Crippen LogP contribution in [0.5, 0.6) is 5.75 Å². The number of amides is 1. The van der Waals surface area contributed by atoms with Crippen LogP contribution in [-0.2, 0) is 4.79 Å². The molecule has 2 N–H and O–H groups in total. The molecular weight excluding hydrogens is 629 g/mol. The number of nitrogens with zero attached hydrogens (tertiary/aromatic N) is 5. The van der Waals surface area contributed by atoms with Crippen LogP contribution < -0.4 is 15.0 Å². The summed E-state index contributed by atoms with van der Waals surface area (Å²) in [6, 6.07) is 18.9. The molecule has 0 radical (unpaired) electrons. The third-order valence-electron chi connectivity index (χ3n) is 7.28. The molecule has 1 aromatic heterocycles. The zero-order valence-electron chi connectivity index (χ0n) is 26.3. The minimum Gasteiger partial charge on any atom is -0.406 e. The molecule has 9 nitrogen and oxygen atoms in total. The number of aryl methyl sites for hydroxylation is 1. The van der Waals surface area contributed by atoms with Crippen LogP contribution in [0, 0.1) is 6.92 Å². The summed E-state index contributed by atoms with van der Waals surface area (Å²) in [7, 11) is 0. The lowest BCUT2D eigenvalue weighted by atomic mass is 9.99. The van der Waals surface area contributed by atoms with Crippen LogP contribution >= 0.6 is 11.8 Å². The third kappa shape index (κ3) is 8.88. The molecule has 1 fully saturated rings. The summed E-state index contributed by atoms with van der Waals surface area (Å²) in [6.45, 7) is 8.09. The Morgan fingerprint density at radius 2 is 1.81 bits per heavy atom. The van der Waals surface area contributed by atoms with E-state index in [1.54, 1.807) is 4.90 Å². The SMILES string of the molecule is Cc1ccc(C(C)C)c(N2C(=O)CS/C2=N\C(O)NC(C)C/C=C/c2ccc(-c3ncn(-c4ccc(OC(F)(F)F)cc4)n3)cc2)c1. The van der Waals surface area contributed by atoms with Crippen LogP contribution in [0.4, 0.5) is 18.9 Å². The minimum absolute atomic E-state index is 0.0623. The number of nitrogens with one attached hydrogen (secondary N) is 1. The molecule has 2 heterocycles. The van der Waals surface area contributed by atoms with Crippen molar-refractivity contribution in [3.05, 3.63) is 95.8 Å². The molecule has 13 heteroatoms. The lowest BCUT2D eigenvalue weighted by Gasteiger charge is -2.23. The molecule has 0 saturated carbocycles. The summed E-state index contributed by atoms with van der Waals surface area (Å²) in [5.74, 6) is 0.577. The number of aliphatic imine (C=N–C) groups is 1. The monoisotopic (exact) mass is 664 g/mol. The van der Waals surface area contributed by atoms with Crippen molar-refractivity contribution in [1.82, 2.24) is 20.1 Å². The lowest BCUT2D eigenvalue weighted by molar-refractivity contribution is -0.274. The van der Waals surface area contributed by atoms with Crippen LogP contribution in [0.3, 0.4) is 0 Å². The normalized spacial score (nSPS) is 16.1. The molecule has 1 aliphatic heterocycles. The van der Waals surface area contributed by atoms with Crippen molar-refractivity contribution in [3.8, 4) is 22.8 Å². The van der Waals surface area contributed by atoms with E-state index in [1.165, 1.54) is 47.0 Å². The van der Waals surface area contributed by atoms with Crippen molar-refractivity contribution < 1.29 is 27.8 Å². The lowest BCUT2D eigenvalue weighted by Crippen LogP contribution is -2.37. The summed E-state index contributed by atoms with van der Waals surface area (Å²) < 4.78 is 42.6. The number of aliphatic hydroxyl groups excluding tert-OH is 1. The summed E-state index contributed by atoms with van der Waals surface area (Å²) in [5.41, 5.74) is 5.17. The first-order chi connectivity index (χ1) is 22.4. The van der Waals surface area contributed by atoms with Gasteiger partial charge in [0, 0.05) is 11.6 Å². The number of carbonyl (C=O) groups is 1. The van der Waals surface area contributed by atoms with Crippen molar-refractivity contribution in [1.29, 1.82) is 0 Å². The molecule has 1 aliphatic rings. The molecule has 2 unspecified atom stereocenters. The average Bonchev–Trinajstić information content (AvgIpc) is 3.64. The molecule has 246 valence electrons. The van der Waals surface area contributed by atoms with Crippen molar-refractivity contribution in [2.45, 2.75) is 58.8 Å². The molecule has 0 spiro atoms. The smallest absolute Gasteiger partial charge is 0.406 e. The number of halogens is 3. The van der Waals surface area contributed by atoms with E-state index in [-0.39, 0.29) is 29.4 Å². The number of rotatable bonds is 11. The molecule has 1 amide bonds. The van der Waals surface area contributed by atoms with E-state index in [2.05, 4.69) is 39.0 Å². The van der Waals surface area contributed by atoms with Gasteiger partial charge in [-0.25, -0.2) is 14.7 Å². The van der Waals surface area contributed by atoms with Crippen LogP contribution in [0.1, 0.15) is 49.8 Å². The molecule has 0 aliphatic carbocycles. The van der Waals surface area contributed by atoms with Gasteiger partial charge in [-0.15, -0.1) is 18.3 Å². The Balaban J connectivity index is 1.15. The molecule has 1 saturated heterocycles. The molecule has 3 aromatic carbocycles. The Bertz CT molecular complexity index is 1750. The Hall–Kier alpha value is -4.46. The van der Waals surface area contributed by atoms with Gasteiger partial charge in [-0.2, -0.15) is 0 Å². The number of aliphatic hydroxyl groups is 1. The number of benzene rings is 3. The first-order valence-corrected chi connectivity index (χ1v) is 16.0. The molecule has 5 rings (SSSR count). The highest BCUT2D eigenvalue weighted by Crippen LogP contribution is 2.34. The van der Waals surface area contributed by atoms with E-state index in [9.17, 15) is 23.1 Å². The Labute approximate surface area is 275 Å². The highest BCUT2D eigenvalue weighted by molar-refractivity contribution is 8.15. The number of hydrogen-bond acceptors (Lipinski definition) is 8. The number of amidine groups is 1. The minimum atomic E-state index is -4.75. The van der Waals surface area contributed by atoms with Crippen LogP contribution in [0.2, 0.25) is 0 Å². The van der Waals surface area contributed by atoms with Gasteiger partial charge in [0.1, 0.15) is 12.1 Å². The standard InChI is InChI=1S/C34H35F3N6O3S/c1-21(2)28-17-8-22(3)18-29(28)43-30(44)19-47-33(43)40-32(45)39-23(4)6-5-7-24-9-11-25(12-10-24)31-38-20-42(41-31)26-13-15-27(16-14-26)46-34(35,36)37/h5,7-18,20-21,23,32,39,45H,6,19H2,1-4H3/b7-5+,40-33-. The van der Waals surface area contributed by atoms with E-state index < -0.39 is 12.7 Å². The van der Waals surface area contributed by atoms with Crippen LogP contribution in [0.25, 0.3) is 23.2 Å². The quantitative estimate of drug-likeness (QED) is 0.166. The number of hydrogen-bond donors (Lipinski definition) is 2. The largest absolute Gasteiger partial charge is 0.573 e. The zero-order chi connectivity index (χ0) is 33.7.